The molecule has 0 atom stereocenters. The summed E-state index contributed by atoms with van der Waals surface area (Å²) >= 11 is 0. The molecule has 0 aliphatic carbocycles. The van der Waals surface area contributed by atoms with Crippen LogP contribution in [0, 0.1) is 0 Å². The van der Waals surface area contributed by atoms with E-state index >= 15 is 0 Å². The van der Waals surface area contributed by atoms with E-state index < -0.39 is 11.9 Å². The molecular formula is C8H7NO4. The monoisotopic (exact) mass is 181 g/mol. The lowest BCUT2D eigenvalue weighted by atomic mass is 10.2. The highest BCUT2D eigenvalue weighted by atomic mass is 16.4. The Morgan fingerprint density at radius 3 is 2.54 bits per heavy atom. The topological polar surface area (TPSA) is 87.0 Å². The van der Waals surface area contributed by atoms with E-state index in [9.17, 15) is 9.59 Å². The lowest BCUT2D eigenvalue weighted by Gasteiger charge is -1.94. The molecule has 0 saturated heterocycles. The van der Waals surface area contributed by atoms with Crippen molar-refractivity contribution >= 4 is 17.7 Å². The Labute approximate surface area is 73.7 Å². The maximum absolute atomic E-state index is 10.5. The lowest BCUT2D eigenvalue weighted by Crippen LogP contribution is -2.11. The fraction of sp³-hybridized carbons (Fsp3) is 0.125. The van der Waals surface area contributed by atoms with E-state index in [1.165, 1.54) is 18.2 Å². The van der Waals surface area contributed by atoms with Crippen LogP contribution < -0.4 is 0 Å². The Hall–Kier alpha value is -1.91. The molecule has 1 aliphatic rings. The molecule has 0 fully saturated rings. The van der Waals surface area contributed by atoms with Gasteiger partial charge < -0.3 is 10.2 Å². The largest absolute Gasteiger partial charge is 0.478 e. The molecule has 0 saturated carbocycles. The van der Waals surface area contributed by atoms with Gasteiger partial charge in [-0.3, -0.25) is 4.99 Å². The van der Waals surface area contributed by atoms with Gasteiger partial charge in [0.15, 0.2) is 0 Å². The van der Waals surface area contributed by atoms with Gasteiger partial charge in [-0.05, 0) is 12.2 Å². The van der Waals surface area contributed by atoms with Gasteiger partial charge in [-0.15, -0.1) is 0 Å². The first-order valence-electron chi connectivity index (χ1n) is 3.49. The second-order valence-electron chi connectivity index (χ2n) is 2.36. The highest BCUT2D eigenvalue weighted by Crippen LogP contribution is 2.01. The summed E-state index contributed by atoms with van der Waals surface area (Å²) in [5.41, 5.74) is -0.0556. The first-order chi connectivity index (χ1) is 6.11. The Kier molecular flexibility index (Phi) is 2.59. The minimum Gasteiger partial charge on any atom is -0.478 e. The van der Waals surface area contributed by atoms with Crippen molar-refractivity contribution < 1.29 is 19.8 Å². The maximum atomic E-state index is 10.5. The molecule has 1 aliphatic heterocycles. The highest BCUT2D eigenvalue weighted by molar-refractivity contribution is 6.40. The predicted molar refractivity (Wildman–Crippen MR) is 44.8 cm³/mol. The molecule has 0 unspecified atom stereocenters. The second-order valence-corrected chi connectivity index (χ2v) is 2.36. The van der Waals surface area contributed by atoms with Crippen LogP contribution in [0.1, 0.15) is 0 Å². The van der Waals surface area contributed by atoms with Crippen molar-refractivity contribution in [1.82, 2.24) is 0 Å². The Morgan fingerprint density at radius 2 is 2.00 bits per heavy atom. The minimum absolute atomic E-state index is 0.0764. The molecule has 0 spiro atoms. The van der Waals surface area contributed by atoms with Crippen molar-refractivity contribution in [3.8, 4) is 0 Å². The lowest BCUT2D eigenvalue weighted by molar-refractivity contribution is -0.133. The van der Waals surface area contributed by atoms with E-state index in [2.05, 4.69) is 4.99 Å². The summed E-state index contributed by atoms with van der Waals surface area (Å²) in [4.78, 5) is 24.5. The number of aliphatic carboxylic acids is 2. The molecule has 0 aromatic heterocycles. The van der Waals surface area contributed by atoms with Gasteiger partial charge in [0, 0.05) is 0 Å². The molecule has 13 heavy (non-hydrogen) atoms. The van der Waals surface area contributed by atoms with Gasteiger partial charge in [0.2, 0.25) is 0 Å². The Morgan fingerprint density at radius 1 is 1.31 bits per heavy atom. The van der Waals surface area contributed by atoms with E-state index in [0.29, 0.717) is 0 Å². The summed E-state index contributed by atoms with van der Waals surface area (Å²) in [6, 6.07) is 0. The minimum atomic E-state index is -1.16. The van der Waals surface area contributed by atoms with Crippen LogP contribution in [0.4, 0.5) is 0 Å². The molecule has 5 heteroatoms. The van der Waals surface area contributed by atoms with Crippen molar-refractivity contribution in [2.75, 3.05) is 6.54 Å². The van der Waals surface area contributed by atoms with Gasteiger partial charge in [-0.1, -0.05) is 6.08 Å². The van der Waals surface area contributed by atoms with Gasteiger partial charge >= 0.3 is 11.9 Å². The van der Waals surface area contributed by atoms with Crippen LogP contribution in [0.25, 0.3) is 0 Å². The van der Waals surface area contributed by atoms with E-state index in [1.54, 1.807) is 0 Å². The van der Waals surface area contributed by atoms with E-state index in [1.807, 2.05) is 0 Å². The summed E-state index contributed by atoms with van der Waals surface area (Å²) < 4.78 is 0. The van der Waals surface area contributed by atoms with Gasteiger partial charge in [-0.2, -0.15) is 0 Å². The van der Waals surface area contributed by atoms with Crippen molar-refractivity contribution in [1.29, 1.82) is 0 Å². The molecule has 0 aromatic rings. The molecule has 1 heterocycles. The van der Waals surface area contributed by atoms with Crippen LogP contribution >= 0.6 is 0 Å². The summed E-state index contributed by atoms with van der Waals surface area (Å²) in [7, 11) is 0. The third-order valence-corrected chi connectivity index (χ3v) is 1.47. The zero-order valence-corrected chi connectivity index (χ0v) is 6.60. The highest BCUT2D eigenvalue weighted by Gasteiger charge is 2.11. The van der Waals surface area contributed by atoms with Crippen molar-refractivity contribution in [2.45, 2.75) is 0 Å². The summed E-state index contributed by atoms with van der Waals surface area (Å²) in [5, 5.41) is 17.1. The van der Waals surface area contributed by atoms with E-state index in [0.717, 1.165) is 0 Å². The first-order valence-corrected chi connectivity index (χ1v) is 3.49. The predicted octanol–water partition coefficient (Wildman–Crippen LogP) is 0.0928. The molecule has 5 nitrogen and oxygen atoms in total. The fourth-order valence-electron chi connectivity index (χ4n) is 0.809. The average molecular weight is 181 g/mol. The summed E-state index contributed by atoms with van der Waals surface area (Å²) in [6.45, 7) is -0.107. The maximum Gasteiger partial charge on any atom is 0.354 e. The zero-order chi connectivity index (χ0) is 9.84. The SMILES string of the molecule is O=C(O)C1=CC=CC(C(=O)O)=NC1. The third kappa shape index (κ3) is 2.26. The van der Waals surface area contributed by atoms with Crippen LogP contribution in [0.2, 0.25) is 0 Å². The number of hydrogen-bond donors (Lipinski definition) is 2. The van der Waals surface area contributed by atoms with Crippen molar-refractivity contribution in [3.63, 3.8) is 0 Å². The smallest absolute Gasteiger partial charge is 0.354 e. The van der Waals surface area contributed by atoms with Crippen molar-refractivity contribution in [2.24, 2.45) is 4.99 Å². The van der Waals surface area contributed by atoms with Crippen molar-refractivity contribution in [3.05, 3.63) is 23.8 Å². The first kappa shape index (κ1) is 9.18. The molecule has 0 bridgehead atoms. The fourth-order valence-corrected chi connectivity index (χ4v) is 0.809. The average Bonchev–Trinajstić information content (AvgIpc) is 2.27. The number of nitrogens with zero attached hydrogens (tertiary/aromatic N) is 1. The molecule has 2 N–H and O–H groups in total. The number of aliphatic imine (C=N–C) groups is 1. The normalized spacial score (nSPS) is 15.7. The number of carbonyl (C=O) groups is 2. The number of carboxylic acid groups (broad SMARTS) is 2. The second kappa shape index (κ2) is 3.66. The van der Waals surface area contributed by atoms with E-state index in [4.69, 9.17) is 10.2 Å². The van der Waals surface area contributed by atoms with E-state index in [-0.39, 0.29) is 17.8 Å². The third-order valence-electron chi connectivity index (χ3n) is 1.47. The van der Waals surface area contributed by atoms with Gasteiger partial charge in [0.25, 0.3) is 0 Å². The Bertz CT molecular complexity index is 338. The zero-order valence-electron chi connectivity index (χ0n) is 6.60. The number of carboxylic acids is 2. The molecule has 0 radical (unpaired) electrons. The standard InChI is InChI=1S/C8H7NO4/c10-7(11)5-2-1-3-6(8(12)13)9-4-5/h1-3H,4H2,(H,10,11)(H,12,13). The molecule has 0 aromatic carbocycles. The Balaban J connectivity index is 2.86. The van der Waals surface area contributed by atoms with Gasteiger partial charge in [-0.25, -0.2) is 9.59 Å². The van der Waals surface area contributed by atoms with Crippen LogP contribution in [0.3, 0.4) is 0 Å². The van der Waals surface area contributed by atoms with Gasteiger partial charge in [0.1, 0.15) is 5.71 Å². The molecule has 0 amide bonds. The van der Waals surface area contributed by atoms with Crippen LogP contribution in [0.15, 0.2) is 28.8 Å². The molecule has 68 valence electrons. The van der Waals surface area contributed by atoms with Crippen LogP contribution in [-0.2, 0) is 9.59 Å². The number of allylic oxidation sites excluding steroid dienone is 2. The number of rotatable bonds is 2. The quantitative estimate of drug-likeness (QED) is 0.632. The van der Waals surface area contributed by atoms with Crippen LogP contribution in [-0.4, -0.2) is 34.4 Å². The van der Waals surface area contributed by atoms with Gasteiger partial charge in [0.05, 0.1) is 12.1 Å². The summed E-state index contributed by atoms with van der Waals surface area (Å²) in [5.74, 6) is -2.24. The molecular weight excluding hydrogens is 174 g/mol. The number of hydrogen-bond acceptors (Lipinski definition) is 3. The van der Waals surface area contributed by atoms with Crippen LogP contribution in [0.5, 0.6) is 0 Å². The molecule has 1 rings (SSSR count). The summed E-state index contributed by atoms with van der Waals surface area (Å²) in [6.07, 6.45) is 3.96.